The molecule has 4 nitrogen and oxygen atoms in total. The van der Waals surface area contributed by atoms with Gasteiger partial charge in [0.25, 0.3) is 0 Å². The molecule has 0 unspecified atom stereocenters. The zero-order valence-electron chi connectivity index (χ0n) is 9.23. The average molecular weight is 221 g/mol. The Balaban J connectivity index is 2.88. The molecule has 0 atom stereocenters. The SMILES string of the molecule is CC=Cc1ccc(OCC(=O)[O-])c(OC)c1. The van der Waals surface area contributed by atoms with Crippen LogP contribution in [0.5, 0.6) is 11.5 Å². The minimum absolute atomic E-state index is 0.389. The lowest BCUT2D eigenvalue weighted by Crippen LogP contribution is -2.29. The van der Waals surface area contributed by atoms with Gasteiger partial charge in [-0.05, 0) is 24.6 Å². The van der Waals surface area contributed by atoms with Crippen LogP contribution in [0, 0.1) is 0 Å². The highest BCUT2D eigenvalue weighted by atomic mass is 16.5. The monoisotopic (exact) mass is 221 g/mol. The maximum atomic E-state index is 10.3. The Hall–Kier alpha value is -1.97. The van der Waals surface area contributed by atoms with Crippen molar-refractivity contribution in [3.05, 3.63) is 29.8 Å². The fraction of sp³-hybridized carbons (Fsp3) is 0.250. The Morgan fingerprint density at radius 1 is 1.44 bits per heavy atom. The summed E-state index contributed by atoms with van der Waals surface area (Å²) in [6.07, 6.45) is 3.81. The first-order valence-electron chi connectivity index (χ1n) is 4.80. The van der Waals surface area contributed by atoms with Gasteiger partial charge in [-0.3, -0.25) is 0 Å². The highest BCUT2D eigenvalue weighted by Gasteiger charge is 2.04. The van der Waals surface area contributed by atoms with Crippen LogP contribution >= 0.6 is 0 Å². The summed E-state index contributed by atoms with van der Waals surface area (Å²) < 4.78 is 10.1. The number of carboxylic acids is 1. The van der Waals surface area contributed by atoms with Crippen LogP contribution < -0.4 is 14.6 Å². The first kappa shape index (κ1) is 12.1. The van der Waals surface area contributed by atoms with Gasteiger partial charge in [0.15, 0.2) is 11.5 Å². The Bertz CT molecular complexity index is 396. The normalized spacial score (nSPS) is 10.4. The van der Waals surface area contributed by atoms with E-state index in [2.05, 4.69) is 0 Å². The number of carbonyl (C=O) groups is 1. The smallest absolute Gasteiger partial charge is 0.161 e. The van der Waals surface area contributed by atoms with E-state index in [4.69, 9.17) is 9.47 Å². The molecule has 0 saturated heterocycles. The van der Waals surface area contributed by atoms with E-state index in [1.807, 2.05) is 25.1 Å². The van der Waals surface area contributed by atoms with Gasteiger partial charge in [-0.15, -0.1) is 0 Å². The van der Waals surface area contributed by atoms with Crippen molar-refractivity contribution in [2.24, 2.45) is 0 Å². The van der Waals surface area contributed by atoms with E-state index in [9.17, 15) is 9.90 Å². The van der Waals surface area contributed by atoms with Crippen LogP contribution in [0.1, 0.15) is 12.5 Å². The Morgan fingerprint density at radius 2 is 2.19 bits per heavy atom. The van der Waals surface area contributed by atoms with Crippen LogP contribution in [-0.4, -0.2) is 19.7 Å². The molecular formula is C12H13O4-. The van der Waals surface area contributed by atoms with E-state index >= 15 is 0 Å². The molecule has 0 bridgehead atoms. The summed E-state index contributed by atoms with van der Waals surface area (Å²) in [6, 6.07) is 5.24. The van der Waals surface area contributed by atoms with Crippen molar-refractivity contribution in [1.29, 1.82) is 0 Å². The first-order chi connectivity index (χ1) is 7.67. The van der Waals surface area contributed by atoms with E-state index in [1.165, 1.54) is 7.11 Å². The van der Waals surface area contributed by atoms with Crippen molar-refractivity contribution in [3.8, 4) is 11.5 Å². The molecule has 0 aliphatic rings. The van der Waals surface area contributed by atoms with E-state index in [0.717, 1.165) is 5.56 Å². The summed E-state index contributed by atoms with van der Waals surface area (Å²) in [5.74, 6) is -0.378. The van der Waals surface area contributed by atoms with Crippen LogP contribution in [0.2, 0.25) is 0 Å². The second-order valence-electron chi connectivity index (χ2n) is 3.07. The summed E-state index contributed by atoms with van der Waals surface area (Å²) in [7, 11) is 1.50. The summed E-state index contributed by atoms with van der Waals surface area (Å²) in [4.78, 5) is 10.3. The lowest BCUT2D eigenvalue weighted by molar-refractivity contribution is -0.307. The topological polar surface area (TPSA) is 58.6 Å². The highest BCUT2D eigenvalue weighted by Crippen LogP contribution is 2.28. The zero-order valence-corrected chi connectivity index (χ0v) is 9.23. The van der Waals surface area contributed by atoms with Crippen molar-refractivity contribution in [3.63, 3.8) is 0 Å². The number of aliphatic carboxylic acids is 1. The first-order valence-corrected chi connectivity index (χ1v) is 4.80. The molecule has 0 N–H and O–H groups in total. The van der Waals surface area contributed by atoms with Gasteiger partial charge in [0.1, 0.15) is 6.61 Å². The van der Waals surface area contributed by atoms with Gasteiger partial charge in [-0.1, -0.05) is 18.2 Å². The summed E-state index contributed by atoms with van der Waals surface area (Å²) in [5.41, 5.74) is 0.958. The van der Waals surface area contributed by atoms with Crippen molar-refractivity contribution < 1.29 is 19.4 Å². The van der Waals surface area contributed by atoms with Gasteiger partial charge in [-0.25, -0.2) is 0 Å². The lowest BCUT2D eigenvalue weighted by Gasteiger charge is -2.11. The molecule has 1 aromatic carbocycles. The number of ether oxygens (including phenoxy) is 2. The van der Waals surface area contributed by atoms with Crippen LogP contribution in [0.3, 0.4) is 0 Å². The number of benzene rings is 1. The van der Waals surface area contributed by atoms with Crippen LogP contribution in [0.15, 0.2) is 24.3 Å². The minimum Gasteiger partial charge on any atom is -0.546 e. The van der Waals surface area contributed by atoms with Crippen molar-refractivity contribution in [2.75, 3.05) is 13.7 Å². The molecule has 1 rings (SSSR count). The molecule has 86 valence electrons. The minimum atomic E-state index is -1.26. The maximum Gasteiger partial charge on any atom is 0.161 e. The molecular weight excluding hydrogens is 208 g/mol. The molecule has 0 spiro atoms. The predicted molar refractivity (Wildman–Crippen MR) is 58.2 cm³/mol. The standard InChI is InChI=1S/C12H14O4/c1-3-4-9-5-6-10(11(7-9)15-2)16-8-12(13)14/h3-7H,8H2,1-2H3,(H,13,14)/p-1. The molecule has 0 heterocycles. The summed E-state index contributed by atoms with van der Waals surface area (Å²) in [6.45, 7) is 1.42. The van der Waals surface area contributed by atoms with Gasteiger partial charge in [-0.2, -0.15) is 0 Å². The molecule has 0 saturated carbocycles. The van der Waals surface area contributed by atoms with Crippen LogP contribution in [-0.2, 0) is 4.79 Å². The van der Waals surface area contributed by atoms with Crippen molar-refractivity contribution >= 4 is 12.0 Å². The van der Waals surface area contributed by atoms with Gasteiger partial charge >= 0.3 is 0 Å². The summed E-state index contributed by atoms with van der Waals surface area (Å²) >= 11 is 0. The van der Waals surface area contributed by atoms with Crippen molar-refractivity contribution in [1.82, 2.24) is 0 Å². The zero-order chi connectivity index (χ0) is 12.0. The molecule has 16 heavy (non-hydrogen) atoms. The predicted octanol–water partition coefficient (Wildman–Crippen LogP) is 0.857. The number of allylic oxidation sites excluding steroid dienone is 1. The number of carbonyl (C=O) groups excluding carboxylic acids is 1. The lowest BCUT2D eigenvalue weighted by atomic mass is 10.2. The van der Waals surface area contributed by atoms with E-state index in [0.29, 0.717) is 11.5 Å². The molecule has 4 heteroatoms. The Kier molecular flexibility index (Phi) is 4.39. The molecule has 0 radical (unpaired) electrons. The fourth-order valence-corrected chi connectivity index (χ4v) is 1.24. The number of hydrogen-bond donors (Lipinski definition) is 0. The van der Waals surface area contributed by atoms with E-state index in [1.54, 1.807) is 12.1 Å². The third-order valence-corrected chi connectivity index (χ3v) is 1.89. The molecule has 1 aromatic rings. The average Bonchev–Trinajstić information content (AvgIpc) is 2.27. The van der Waals surface area contributed by atoms with Crippen molar-refractivity contribution in [2.45, 2.75) is 6.92 Å². The molecule has 0 aromatic heterocycles. The number of carboxylic acid groups (broad SMARTS) is 1. The number of hydrogen-bond acceptors (Lipinski definition) is 4. The third-order valence-electron chi connectivity index (χ3n) is 1.89. The second kappa shape index (κ2) is 5.80. The third kappa shape index (κ3) is 3.31. The molecule has 0 aliphatic carbocycles. The molecule has 0 amide bonds. The number of methoxy groups -OCH3 is 1. The highest BCUT2D eigenvalue weighted by molar-refractivity contribution is 5.66. The van der Waals surface area contributed by atoms with Gasteiger partial charge in [0, 0.05) is 0 Å². The second-order valence-corrected chi connectivity index (χ2v) is 3.07. The molecule has 0 aliphatic heterocycles. The van der Waals surface area contributed by atoms with Gasteiger partial charge in [0.2, 0.25) is 0 Å². The maximum absolute atomic E-state index is 10.3. The quantitative estimate of drug-likeness (QED) is 0.739. The Labute approximate surface area is 94.1 Å². The van der Waals surface area contributed by atoms with E-state index < -0.39 is 12.6 Å². The Morgan fingerprint density at radius 3 is 2.75 bits per heavy atom. The van der Waals surface area contributed by atoms with Crippen LogP contribution in [0.4, 0.5) is 0 Å². The van der Waals surface area contributed by atoms with Gasteiger partial charge < -0.3 is 19.4 Å². The number of rotatable bonds is 5. The molecule has 0 fully saturated rings. The van der Waals surface area contributed by atoms with E-state index in [-0.39, 0.29) is 0 Å². The van der Waals surface area contributed by atoms with Gasteiger partial charge in [0.05, 0.1) is 13.1 Å². The fourth-order valence-electron chi connectivity index (χ4n) is 1.24. The summed E-state index contributed by atoms with van der Waals surface area (Å²) in [5, 5.41) is 10.3. The van der Waals surface area contributed by atoms with Crippen LogP contribution in [0.25, 0.3) is 6.08 Å². The largest absolute Gasteiger partial charge is 0.546 e.